The number of piperazine rings is 1. The van der Waals surface area contributed by atoms with Gasteiger partial charge in [-0.1, -0.05) is 18.2 Å². The van der Waals surface area contributed by atoms with Crippen molar-refractivity contribution in [1.29, 1.82) is 0 Å². The number of amides is 2. The number of carbonyl (C=O) groups is 2. The topological polar surface area (TPSA) is 77.0 Å². The van der Waals surface area contributed by atoms with Crippen LogP contribution in [-0.2, 0) is 4.79 Å². The first-order valence-electron chi connectivity index (χ1n) is 9.24. The lowest BCUT2D eigenvalue weighted by molar-refractivity contribution is -0.130. The van der Waals surface area contributed by atoms with E-state index in [0.717, 1.165) is 45.1 Å². The van der Waals surface area contributed by atoms with Crippen LogP contribution in [-0.4, -0.2) is 73.4 Å². The van der Waals surface area contributed by atoms with E-state index < -0.39 is 0 Å². The largest absolute Gasteiger partial charge is 0.357 e. The Labute approximate surface area is 178 Å². The fraction of sp³-hybridized carbons (Fsp3) is 0.526. The van der Waals surface area contributed by atoms with Crippen LogP contribution in [0.5, 0.6) is 0 Å². The van der Waals surface area contributed by atoms with E-state index in [-0.39, 0.29) is 35.8 Å². The van der Waals surface area contributed by atoms with Crippen LogP contribution >= 0.6 is 24.0 Å². The highest BCUT2D eigenvalue weighted by molar-refractivity contribution is 14.0. The minimum absolute atomic E-state index is 0. The van der Waals surface area contributed by atoms with E-state index >= 15 is 0 Å². The van der Waals surface area contributed by atoms with Gasteiger partial charge in [0.25, 0.3) is 5.91 Å². The first kappa shape index (κ1) is 23.2. The van der Waals surface area contributed by atoms with Crippen molar-refractivity contribution < 1.29 is 9.59 Å². The van der Waals surface area contributed by atoms with Crippen molar-refractivity contribution in [2.75, 3.05) is 45.8 Å². The summed E-state index contributed by atoms with van der Waals surface area (Å²) in [5.74, 6) is 0.952. The molecule has 8 heteroatoms. The van der Waals surface area contributed by atoms with E-state index in [1.54, 1.807) is 19.1 Å². The molecule has 1 aromatic carbocycles. The second-order valence-corrected chi connectivity index (χ2v) is 6.20. The number of rotatable bonds is 6. The lowest BCUT2D eigenvalue weighted by Gasteiger charge is -2.36. The zero-order chi connectivity index (χ0) is 18.8. The van der Waals surface area contributed by atoms with Crippen LogP contribution < -0.4 is 10.6 Å². The predicted octanol–water partition coefficient (Wildman–Crippen LogP) is 1.55. The lowest BCUT2D eigenvalue weighted by atomic mass is 10.2. The van der Waals surface area contributed by atoms with E-state index in [1.807, 2.05) is 30.0 Å². The van der Waals surface area contributed by atoms with Gasteiger partial charge >= 0.3 is 0 Å². The van der Waals surface area contributed by atoms with Gasteiger partial charge < -0.3 is 20.4 Å². The fourth-order valence-electron chi connectivity index (χ4n) is 2.82. The molecule has 1 aliphatic heterocycles. The van der Waals surface area contributed by atoms with E-state index in [2.05, 4.69) is 20.5 Å². The smallest absolute Gasteiger partial charge is 0.251 e. The fourth-order valence-corrected chi connectivity index (χ4v) is 2.82. The highest BCUT2D eigenvalue weighted by Gasteiger charge is 2.20. The van der Waals surface area contributed by atoms with Gasteiger partial charge in [-0.05, 0) is 25.5 Å². The molecule has 1 aliphatic rings. The van der Waals surface area contributed by atoms with Crippen LogP contribution in [0.3, 0.4) is 0 Å². The van der Waals surface area contributed by atoms with Crippen LogP contribution in [0.15, 0.2) is 35.3 Å². The maximum absolute atomic E-state index is 12.0. The number of hydrogen-bond acceptors (Lipinski definition) is 3. The van der Waals surface area contributed by atoms with Gasteiger partial charge in [-0.2, -0.15) is 0 Å². The number of nitrogens with one attached hydrogen (secondary N) is 2. The monoisotopic (exact) mass is 487 g/mol. The molecular formula is C19H30IN5O2. The zero-order valence-electron chi connectivity index (χ0n) is 16.1. The van der Waals surface area contributed by atoms with E-state index in [9.17, 15) is 9.59 Å². The molecule has 2 rings (SSSR count). The van der Waals surface area contributed by atoms with Gasteiger partial charge in [0, 0.05) is 58.3 Å². The van der Waals surface area contributed by atoms with Crippen LogP contribution in [0.4, 0.5) is 0 Å². The van der Waals surface area contributed by atoms with Crippen molar-refractivity contribution >= 4 is 41.8 Å². The van der Waals surface area contributed by atoms with Crippen LogP contribution in [0.25, 0.3) is 0 Å². The van der Waals surface area contributed by atoms with Crippen molar-refractivity contribution in [3.63, 3.8) is 0 Å². The maximum Gasteiger partial charge on any atom is 0.251 e. The summed E-state index contributed by atoms with van der Waals surface area (Å²) in [6.45, 7) is 8.72. The average molecular weight is 487 g/mol. The molecular weight excluding hydrogens is 457 g/mol. The molecule has 2 amide bonds. The molecule has 0 unspecified atom stereocenters. The Morgan fingerprint density at radius 2 is 1.67 bits per heavy atom. The summed E-state index contributed by atoms with van der Waals surface area (Å²) < 4.78 is 0. The Bertz CT molecular complexity index is 616. The molecule has 0 aliphatic carbocycles. The molecule has 1 heterocycles. The first-order valence-corrected chi connectivity index (χ1v) is 9.24. The predicted molar refractivity (Wildman–Crippen MR) is 119 cm³/mol. The molecule has 0 saturated carbocycles. The number of aliphatic imine (C=N–C) groups is 1. The highest BCUT2D eigenvalue weighted by Crippen LogP contribution is 2.03. The molecule has 27 heavy (non-hydrogen) atoms. The van der Waals surface area contributed by atoms with Gasteiger partial charge in [0.1, 0.15) is 0 Å². The number of guanidine groups is 1. The van der Waals surface area contributed by atoms with Crippen LogP contribution in [0, 0.1) is 0 Å². The van der Waals surface area contributed by atoms with E-state index in [1.165, 1.54) is 0 Å². The van der Waals surface area contributed by atoms with E-state index in [0.29, 0.717) is 18.7 Å². The average Bonchev–Trinajstić information content (AvgIpc) is 2.67. The summed E-state index contributed by atoms with van der Waals surface area (Å²) in [6.07, 6.45) is 0.779. The third kappa shape index (κ3) is 7.74. The van der Waals surface area contributed by atoms with Gasteiger partial charge in [-0.15, -0.1) is 24.0 Å². The Balaban J connectivity index is 0.00000364. The Morgan fingerprint density at radius 3 is 2.26 bits per heavy atom. The number of halogens is 1. The minimum Gasteiger partial charge on any atom is -0.357 e. The molecule has 1 fully saturated rings. The Hall–Kier alpha value is -1.84. The number of carbonyl (C=O) groups excluding carboxylic acids is 2. The van der Waals surface area contributed by atoms with Crippen LogP contribution in [0.1, 0.15) is 30.6 Å². The Kier molecular flexibility index (Phi) is 10.8. The normalized spacial score (nSPS) is 14.4. The third-order valence-corrected chi connectivity index (χ3v) is 4.28. The van der Waals surface area contributed by atoms with Crippen molar-refractivity contribution in [3.05, 3.63) is 35.9 Å². The Morgan fingerprint density at radius 1 is 1.04 bits per heavy atom. The molecule has 1 aromatic rings. The molecule has 7 nitrogen and oxygen atoms in total. The number of hydrogen-bond donors (Lipinski definition) is 2. The molecule has 1 saturated heterocycles. The summed E-state index contributed by atoms with van der Waals surface area (Å²) in [5.41, 5.74) is 0.674. The van der Waals surface area contributed by atoms with Gasteiger partial charge in [0.05, 0.1) is 0 Å². The second-order valence-electron chi connectivity index (χ2n) is 6.20. The molecule has 0 spiro atoms. The summed E-state index contributed by atoms with van der Waals surface area (Å²) in [4.78, 5) is 32.1. The molecule has 0 aromatic heterocycles. The minimum atomic E-state index is -0.0539. The SMILES string of the molecule is CCNC(=NCCCNC(=O)c1ccccc1)N1CCN(C(C)=O)CC1.I. The molecule has 0 bridgehead atoms. The molecule has 2 N–H and O–H groups in total. The standard InChI is InChI=1S/C19H29N5O2.HI/c1-3-20-19(24-14-12-23(13-15-24)16(2)25)22-11-7-10-21-18(26)17-8-5-4-6-9-17;/h4-6,8-9H,3,7,10-15H2,1-2H3,(H,20,22)(H,21,26);1H. The van der Waals surface area contributed by atoms with Crippen molar-refractivity contribution in [2.45, 2.75) is 20.3 Å². The van der Waals surface area contributed by atoms with Crippen molar-refractivity contribution in [3.8, 4) is 0 Å². The van der Waals surface area contributed by atoms with Crippen molar-refractivity contribution in [2.24, 2.45) is 4.99 Å². The quantitative estimate of drug-likeness (QED) is 0.277. The number of nitrogens with zero attached hydrogens (tertiary/aromatic N) is 3. The zero-order valence-corrected chi connectivity index (χ0v) is 18.4. The summed E-state index contributed by atoms with van der Waals surface area (Å²) >= 11 is 0. The molecule has 150 valence electrons. The van der Waals surface area contributed by atoms with Crippen molar-refractivity contribution in [1.82, 2.24) is 20.4 Å². The van der Waals surface area contributed by atoms with Gasteiger partial charge in [-0.3, -0.25) is 14.6 Å². The lowest BCUT2D eigenvalue weighted by Crippen LogP contribution is -2.53. The van der Waals surface area contributed by atoms with Crippen LogP contribution in [0.2, 0.25) is 0 Å². The van der Waals surface area contributed by atoms with Gasteiger partial charge in [-0.25, -0.2) is 0 Å². The van der Waals surface area contributed by atoms with E-state index in [4.69, 9.17) is 0 Å². The summed E-state index contributed by atoms with van der Waals surface area (Å²) in [6, 6.07) is 9.21. The van der Waals surface area contributed by atoms with Gasteiger partial charge in [0.15, 0.2) is 5.96 Å². The second kappa shape index (κ2) is 12.5. The number of benzene rings is 1. The third-order valence-electron chi connectivity index (χ3n) is 4.28. The summed E-state index contributed by atoms with van der Waals surface area (Å²) in [7, 11) is 0. The summed E-state index contributed by atoms with van der Waals surface area (Å²) in [5, 5.41) is 6.22. The maximum atomic E-state index is 12.0. The van der Waals surface area contributed by atoms with Gasteiger partial charge in [0.2, 0.25) is 5.91 Å². The first-order chi connectivity index (χ1) is 12.6. The molecule has 0 atom stereocenters. The molecule has 0 radical (unpaired) electrons. The highest BCUT2D eigenvalue weighted by atomic mass is 127.